The SMILES string of the molecule is O=C(CSc1nnc(-c2ccc(Cl)cc2)o1)NCc1ccccc1OCc1ccccc1. The number of nitrogens with one attached hydrogen (secondary N) is 1. The zero-order valence-electron chi connectivity index (χ0n) is 17.0. The molecule has 0 unspecified atom stereocenters. The molecule has 0 spiro atoms. The number of para-hydroxylation sites is 1. The number of halogens is 1. The van der Waals surface area contributed by atoms with E-state index in [4.69, 9.17) is 20.8 Å². The third-order valence-corrected chi connectivity index (χ3v) is 5.58. The lowest BCUT2D eigenvalue weighted by Crippen LogP contribution is -2.24. The van der Waals surface area contributed by atoms with E-state index >= 15 is 0 Å². The Bertz CT molecular complexity index is 1170. The van der Waals surface area contributed by atoms with Crippen LogP contribution in [-0.4, -0.2) is 21.9 Å². The van der Waals surface area contributed by atoms with Crippen molar-refractivity contribution in [3.8, 4) is 17.2 Å². The van der Waals surface area contributed by atoms with Gasteiger partial charge in [-0.1, -0.05) is 71.9 Å². The maximum absolute atomic E-state index is 12.3. The first kappa shape index (κ1) is 21.9. The van der Waals surface area contributed by atoms with E-state index in [1.165, 1.54) is 11.8 Å². The molecule has 0 radical (unpaired) electrons. The number of thioether (sulfide) groups is 1. The van der Waals surface area contributed by atoms with Crippen molar-refractivity contribution in [1.82, 2.24) is 15.5 Å². The van der Waals surface area contributed by atoms with E-state index in [2.05, 4.69) is 15.5 Å². The molecule has 0 saturated heterocycles. The molecule has 1 heterocycles. The first-order chi connectivity index (χ1) is 15.7. The number of carbonyl (C=O) groups is 1. The quantitative estimate of drug-likeness (QED) is 0.334. The van der Waals surface area contributed by atoms with Crippen molar-refractivity contribution < 1.29 is 13.9 Å². The molecule has 0 aliphatic rings. The van der Waals surface area contributed by atoms with Crippen molar-refractivity contribution in [2.75, 3.05) is 5.75 Å². The average Bonchev–Trinajstić information content (AvgIpc) is 3.31. The fourth-order valence-corrected chi connectivity index (χ4v) is 3.59. The van der Waals surface area contributed by atoms with Crippen LogP contribution in [0.1, 0.15) is 11.1 Å². The van der Waals surface area contributed by atoms with Gasteiger partial charge in [0, 0.05) is 22.7 Å². The van der Waals surface area contributed by atoms with E-state index in [0.717, 1.165) is 22.4 Å². The van der Waals surface area contributed by atoms with Gasteiger partial charge >= 0.3 is 0 Å². The van der Waals surface area contributed by atoms with Gasteiger partial charge in [-0.2, -0.15) is 0 Å². The fourth-order valence-electron chi connectivity index (χ4n) is 2.88. The largest absolute Gasteiger partial charge is 0.489 e. The van der Waals surface area contributed by atoms with Gasteiger partial charge in [-0.3, -0.25) is 4.79 Å². The average molecular weight is 466 g/mol. The molecule has 3 aromatic carbocycles. The lowest BCUT2D eigenvalue weighted by atomic mass is 10.2. The number of nitrogens with zero attached hydrogens (tertiary/aromatic N) is 2. The number of aromatic nitrogens is 2. The van der Waals surface area contributed by atoms with Crippen LogP contribution in [0.2, 0.25) is 5.02 Å². The highest BCUT2D eigenvalue weighted by Gasteiger charge is 2.12. The molecule has 0 aliphatic heterocycles. The van der Waals surface area contributed by atoms with Crippen molar-refractivity contribution >= 4 is 29.3 Å². The Morgan fingerprint density at radius 2 is 1.72 bits per heavy atom. The van der Waals surface area contributed by atoms with Gasteiger partial charge in [-0.25, -0.2) is 0 Å². The van der Waals surface area contributed by atoms with Crippen LogP contribution in [-0.2, 0) is 17.9 Å². The first-order valence-electron chi connectivity index (χ1n) is 9.91. The second kappa shape index (κ2) is 10.8. The topological polar surface area (TPSA) is 77.2 Å². The number of ether oxygens (including phenoxy) is 1. The highest BCUT2D eigenvalue weighted by molar-refractivity contribution is 7.99. The summed E-state index contributed by atoms with van der Waals surface area (Å²) >= 11 is 7.08. The molecule has 1 amide bonds. The van der Waals surface area contributed by atoms with Crippen molar-refractivity contribution in [2.24, 2.45) is 0 Å². The van der Waals surface area contributed by atoms with Gasteiger partial charge in [0.15, 0.2) is 0 Å². The monoisotopic (exact) mass is 465 g/mol. The summed E-state index contributed by atoms with van der Waals surface area (Å²) < 4.78 is 11.6. The van der Waals surface area contributed by atoms with Crippen molar-refractivity contribution in [1.29, 1.82) is 0 Å². The van der Waals surface area contributed by atoms with Gasteiger partial charge in [0.2, 0.25) is 11.8 Å². The summed E-state index contributed by atoms with van der Waals surface area (Å²) in [5, 5.41) is 11.9. The van der Waals surface area contributed by atoms with Crippen LogP contribution < -0.4 is 10.1 Å². The second-order valence-corrected chi connectivity index (χ2v) is 8.19. The van der Waals surface area contributed by atoms with E-state index in [9.17, 15) is 4.79 Å². The number of hydrogen-bond donors (Lipinski definition) is 1. The normalized spacial score (nSPS) is 10.7. The molecular weight excluding hydrogens is 446 g/mol. The first-order valence-corrected chi connectivity index (χ1v) is 11.3. The highest BCUT2D eigenvalue weighted by Crippen LogP contribution is 2.24. The molecule has 162 valence electrons. The Labute approximate surface area is 195 Å². The van der Waals surface area contributed by atoms with E-state index in [0.29, 0.717) is 29.3 Å². The molecule has 0 aliphatic carbocycles. The van der Waals surface area contributed by atoms with Gasteiger partial charge in [0.05, 0.1) is 5.75 Å². The Hall–Kier alpha value is -3.29. The summed E-state index contributed by atoms with van der Waals surface area (Å²) in [4.78, 5) is 12.3. The summed E-state index contributed by atoms with van der Waals surface area (Å²) in [6, 6.07) is 24.7. The highest BCUT2D eigenvalue weighted by atomic mass is 35.5. The Morgan fingerprint density at radius 3 is 2.53 bits per heavy atom. The summed E-state index contributed by atoms with van der Waals surface area (Å²) in [5.74, 6) is 1.15. The molecule has 0 fully saturated rings. The van der Waals surface area contributed by atoms with Crippen LogP contribution in [0, 0.1) is 0 Å². The van der Waals surface area contributed by atoms with Crippen LogP contribution in [0.5, 0.6) is 5.75 Å². The van der Waals surface area contributed by atoms with E-state index in [1.54, 1.807) is 24.3 Å². The van der Waals surface area contributed by atoms with Gasteiger partial charge in [-0.05, 0) is 35.9 Å². The zero-order valence-corrected chi connectivity index (χ0v) is 18.6. The van der Waals surface area contributed by atoms with Crippen LogP contribution in [0.25, 0.3) is 11.5 Å². The number of amides is 1. The summed E-state index contributed by atoms with van der Waals surface area (Å²) in [7, 11) is 0. The predicted octanol–water partition coefficient (Wildman–Crippen LogP) is 5.38. The molecule has 4 aromatic rings. The smallest absolute Gasteiger partial charge is 0.277 e. The van der Waals surface area contributed by atoms with E-state index < -0.39 is 0 Å². The number of rotatable bonds is 9. The Morgan fingerprint density at radius 1 is 0.969 bits per heavy atom. The minimum atomic E-state index is -0.140. The molecule has 6 nitrogen and oxygen atoms in total. The van der Waals surface area contributed by atoms with E-state index in [-0.39, 0.29) is 11.7 Å². The Kier molecular flexibility index (Phi) is 7.42. The molecular formula is C24H20ClN3O3S. The molecule has 4 rings (SSSR count). The maximum atomic E-state index is 12.3. The van der Waals surface area contributed by atoms with Gasteiger partial charge in [0.1, 0.15) is 12.4 Å². The fraction of sp³-hybridized carbons (Fsp3) is 0.125. The zero-order chi connectivity index (χ0) is 22.2. The summed E-state index contributed by atoms with van der Waals surface area (Å²) in [5.41, 5.74) is 2.76. The molecule has 1 N–H and O–H groups in total. The molecule has 0 saturated carbocycles. The van der Waals surface area contributed by atoms with Crippen LogP contribution in [0.15, 0.2) is 88.5 Å². The molecule has 0 atom stereocenters. The minimum Gasteiger partial charge on any atom is -0.489 e. The molecule has 8 heteroatoms. The number of hydrogen-bond acceptors (Lipinski definition) is 6. The Balaban J connectivity index is 1.27. The molecule has 0 bridgehead atoms. The lowest BCUT2D eigenvalue weighted by molar-refractivity contribution is -0.118. The van der Waals surface area contributed by atoms with Crippen molar-refractivity contribution in [2.45, 2.75) is 18.4 Å². The second-order valence-electron chi connectivity index (χ2n) is 6.83. The summed E-state index contributed by atoms with van der Waals surface area (Å²) in [6.45, 7) is 0.832. The minimum absolute atomic E-state index is 0.140. The van der Waals surface area contributed by atoms with Crippen molar-refractivity contribution in [3.05, 3.63) is 95.0 Å². The van der Waals surface area contributed by atoms with Crippen LogP contribution in [0.4, 0.5) is 0 Å². The standard InChI is InChI=1S/C24H20ClN3O3S/c25-20-12-10-18(11-13-20)23-27-28-24(31-23)32-16-22(29)26-14-19-8-4-5-9-21(19)30-15-17-6-2-1-3-7-17/h1-13H,14-16H2,(H,26,29). The maximum Gasteiger partial charge on any atom is 0.277 e. The van der Waals surface area contributed by atoms with Crippen LogP contribution >= 0.6 is 23.4 Å². The van der Waals surface area contributed by atoms with Gasteiger partial charge in [0.25, 0.3) is 5.22 Å². The summed E-state index contributed by atoms with van der Waals surface area (Å²) in [6.07, 6.45) is 0. The van der Waals surface area contributed by atoms with Crippen molar-refractivity contribution in [3.63, 3.8) is 0 Å². The third-order valence-electron chi connectivity index (χ3n) is 4.51. The number of carbonyl (C=O) groups excluding carboxylic acids is 1. The molecule has 1 aromatic heterocycles. The number of benzene rings is 3. The predicted molar refractivity (Wildman–Crippen MR) is 125 cm³/mol. The molecule has 32 heavy (non-hydrogen) atoms. The van der Waals surface area contributed by atoms with Gasteiger partial charge < -0.3 is 14.5 Å². The third kappa shape index (κ3) is 6.12. The van der Waals surface area contributed by atoms with E-state index in [1.807, 2.05) is 54.6 Å². The van der Waals surface area contributed by atoms with Crippen LogP contribution in [0.3, 0.4) is 0 Å². The lowest BCUT2D eigenvalue weighted by Gasteiger charge is -2.12. The van der Waals surface area contributed by atoms with Gasteiger partial charge in [-0.15, -0.1) is 10.2 Å².